The zero-order valence-electron chi connectivity index (χ0n) is 39.4. The number of carbonyl (C=O) groups excluding carboxylic acids is 2. The number of aromatic nitrogens is 8. The Kier molecular flexibility index (Phi) is 18.3. The first kappa shape index (κ1) is 50.7. The molecule has 0 spiro atoms. The summed E-state index contributed by atoms with van der Waals surface area (Å²) < 4.78 is 20.7. The van der Waals surface area contributed by atoms with E-state index in [2.05, 4.69) is 33.6 Å². The minimum atomic E-state index is -1.26. The minimum absolute atomic E-state index is 0.153. The summed E-state index contributed by atoms with van der Waals surface area (Å²) >= 11 is 0. The number of imidazole rings is 2. The Morgan fingerprint density at radius 1 is 0.609 bits per heavy atom. The number of esters is 2. The van der Waals surface area contributed by atoms with Crippen molar-refractivity contribution in [2.75, 3.05) is 41.3 Å². The molecule has 18 nitrogen and oxygen atoms in total. The highest BCUT2D eigenvalue weighted by Crippen LogP contribution is 2.21. The van der Waals surface area contributed by atoms with Gasteiger partial charge in [0, 0.05) is 51.4 Å². The second kappa shape index (κ2) is 23.1. The van der Waals surface area contributed by atoms with Gasteiger partial charge in [-0.2, -0.15) is 0 Å². The molecule has 0 radical (unpaired) electrons. The summed E-state index contributed by atoms with van der Waals surface area (Å²) in [6.45, 7) is 14.1. The van der Waals surface area contributed by atoms with Crippen LogP contribution in [-0.2, 0) is 58.3 Å². The smallest absolute Gasteiger partial charge is 0.332 e. The van der Waals surface area contributed by atoms with Crippen LogP contribution in [0.3, 0.4) is 0 Å². The third-order valence-electron chi connectivity index (χ3n) is 10.6. The van der Waals surface area contributed by atoms with Crippen molar-refractivity contribution >= 4 is 34.3 Å². The van der Waals surface area contributed by atoms with Gasteiger partial charge in [0.25, 0.3) is 11.1 Å². The Morgan fingerprint density at radius 3 is 1.31 bits per heavy atom. The Hall–Kier alpha value is -5.98. The summed E-state index contributed by atoms with van der Waals surface area (Å²) in [6.07, 6.45) is 9.13. The molecule has 348 valence electrons. The van der Waals surface area contributed by atoms with Gasteiger partial charge in [0.2, 0.25) is 0 Å². The number of carbonyl (C=O) groups is 2. The van der Waals surface area contributed by atoms with Gasteiger partial charge in [-0.3, -0.25) is 37.7 Å². The molecule has 0 saturated heterocycles. The quantitative estimate of drug-likeness (QED) is 0.0487. The highest BCUT2D eigenvalue weighted by molar-refractivity contribution is 5.92. The molecule has 4 aromatic rings. The van der Waals surface area contributed by atoms with Crippen LogP contribution in [0.4, 0.5) is 0 Å². The molecule has 0 aliphatic heterocycles. The van der Waals surface area contributed by atoms with Crippen LogP contribution in [0.1, 0.15) is 92.9 Å². The van der Waals surface area contributed by atoms with E-state index in [1.165, 1.54) is 18.3 Å². The maximum absolute atomic E-state index is 13.5. The van der Waals surface area contributed by atoms with Crippen LogP contribution >= 0.6 is 0 Å². The van der Waals surface area contributed by atoms with Crippen molar-refractivity contribution < 1.29 is 19.1 Å². The van der Waals surface area contributed by atoms with E-state index in [1.807, 2.05) is 65.7 Å². The molecule has 64 heavy (non-hydrogen) atoms. The lowest BCUT2D eigenvalue weighted by Gasteiger charge is -2.24. The fourth-order valence-electron chi connectivity index (χ4n) is 7.42. The number of rotatable bonds is 22. The molecular formula is C46H66N10O8. The van der Waals surface area contributed by atoms with E-state index in [9.17, 15) is 28.8 Å². The molecule has 4 aromatic heterocycles. The van der Waals surface area contributed by atoms with Crippen LogP contribution < -0.4 is 22.5 Å². The van der Waals surface area contributed by atoms with Crippen molar-refractivity contribution in [1.82, 2.24) is 47.2 Å². The molecule has 0 fully saturated rings. The average molecular weight is 887 g/mol. The zero-order chi connectivity index (χ0) is 47.2. The summed E-state index contributed by atoms with van der Waals surface area (Å²) in [5.74, 6) is 10.6. The normalized spacial score (nSPS) is 13.5. The monoisotopic (exact) mass is 887 g/mol. The molecule has 0 saturated carbocycles. The average Bonchev–Trinajstić information content (AvgIpc) is 3.84. The third-order valence-corrected chi connectivity index (χ3v) is 10.6. The van der Waals surface area contributed by atoms with Crippen molar-refractivity contribution in [3.05, 3.63) is 66.5 Å². The lowest BCUT2D eigenvalue weighted by Crippen LogP contribution is -2.40. The number of hydrogen-bond acceptors (Lipinski definition) is 12. The summed E-state index contributed by atoms with van der Waals surface area (Å²) in [4.78, 5) is 92.7. The fourth-order valence-corrected chi connectivity index (χ4v) is 7.42. The summed E-state index contributed by atoms with van der Waals surface area (Å²) in [7, 11) is 7.46. The fraction of sp³-hybridized carbons (Fsp3) is 0.609. The first-order chi connectivity index (χ1) is 30.4. The SMILES string of the molecule is CCCn1cnc2c1c(=O)n(CCCCC(C)(C#CCN(C)C)OC(=O)/C=C/C(=O)OC(C)(C#CCN(C)C)CCCCn1c(=O)c3c(ncn3CCC)n(CC)c1=O)c(=O)n2CC. The molecule has 2 atom stereocenters. The molecule has 4 heterocycles. The first-order valence-electron chi connectivity index (χ1n) is 22.2. The van der Waals surface area contributed by atoms with E-state index >= 15 is 0 Å². The van der Waals surface area contributed by atoms with Crippen molar-refractivity contribution in [3.63, 3.8) is 0 Å². The molecule has 4 rings (SSSR count). The first-order valence-corrected chi connectivity index (χ1v) is 22.2. The van der Waals surface area contributed by atoms with E-state index < -0.39 is 45.6 Å². The summed E-state index contributed by atoms with van der Waals surface area (Å²) in [5.41, 5.74) is -2.62. The van der Waals surface area contributed by atoms with Crippen molar-refractivity contribution in [2.45, 2.75) is 143 Å². The van der Waals surface area contributed by atoms with Crippen LogP contribution in [0.5, 0.6) is 0 Å². The molecule has 0 amide bonds. The maximum atomic E-state index is 13.5. The minimum Gasteiger partial charge on any atom is -0.443 e. The number of hydrogen-bond donors (Lipinski definition) is 0. The standard InChI is InChI=1S/C46H66N10O8/c1-11-27-51-33-47-39-37(51)41(59)55(43(61)53(39)13-3)31-17-15-23-45(5,25-19-29-49(7)8)63-35(57)21-22-36(58)64-46(6,26-20-30-50(9)10)24-16-18-32-56-42(60)38-40(54(14-4)44(56)62)48-34-52(38)28-12-2/h21-22,33-34H,11-18,23-24,27-32H2,1-10H3/b22-21+. The Morgan fingerprint density at radius 2 is 0.984 bits per heavy atom. The van der Waals surface area contributed by atoms with Crippen LogP contribution in [0.15, 0.2) is 44.0 Å². The molecule has 0 aliphatic rings. The number of aryl methyl sites for hydroxylation is 4. The van der Waals surface area contributed by atoms with Gasteiger partial charge < -0.3 is 18.6 Å². The second-order valence-electron chi connectivity index (χ2n) is 16.8. The summed E-state index contributed by atoms with van der Waals surface area (Å²) in [6, 6.07) is 0. The van der Waals surface area contributed by atoms with Crippen LogP contribution in [0.25, 0.3) is 22.3 Å². The highest BCUT2D eigenvalue weighted by atomic mass is 16.6. The molecule has 0 aromatic carbocycles. The highest BCUT2D eigenvalue weighted by Gasteiger charge is 2.28. The van der Waals surface area contributed by atoms with Crippen molar-refractivity contribution in [2.24, 2.45) is 0 Å². The maximum Gasteiger partial charge on any atom is 0.332 e. The van der Waals surface area contributed by atoms with Gasteiger partial charge >= 0.3 is 23.3 Å². The Labute approximate surface area is 374 Å². The van der Waals surface area contributed by atoms with Crippen molar-refractivity contribution in [1.29, 1.82) is 0 Å². The van der Waals surface area contributed by atoms with Crippen LogP contribution in [0, 0.1) is 23.7 Å². The van der Waals surface area contributed by atoms with Gasteiger partial charge in [-0.15, -0.1) is 0 Å². The lowest BCUT2D eigenvalue weighted by molar-refractivity contribution is -0.150. The van der Waals surface area contributed by atoms with Crippen LogP contribution in [-0.4, -0.2) is 112 Å². The Balaban J connectivity index is 1.44. The van der Waals surface area contributed by atoms with Gasteiger partial charge in [0.05, 0.1) is 25.7 Å². The summed E-state index contributed by atoms with van der Waals surface area (Å²) in [5, 5.41) is 0. The number of nitrogens with zero attached hydrogens (tertiary/aromatic N) is 10. The van der Waals surface area contributed by atoms with Gasteiger partial charge in [-0.05, 0) is 107 Å². The van der Waals surface area contributed by atoms with Crippen LogP contribution in [0.2, 0.25) is 0 Å². The predicted octanol–water partition coefficient (Wildman–Crippen LogP) is 3.22. The molecule has 2 unspecified atom stereocenters. The topological polar surface area (TPSA) is 183 Å². The number of unbranched alkanes of at least 4 members (excludes halogenated alkanes) is 2. The number of fused-ring (bicyclic) bond motifs is 2. The lowest BCUT2D eigenvalue weighted by atomic mass is 9.99. The molecule has 18 heteroatoms. The molecular weight excluding hydrogens is 821 g/mol. The van der Waals surface area contributed by atoms with Crippen molar-refractivity contribution in [3.8, 4) is 23.7 Å². The van der Waals surface area contributed by atoms with Gasteiger partial charge in [0.15, 0.2) is 33.5 Å². The second-order valence-corrected chi connectivity index (χ2v) is 16.8. The van der Waals surface area contributed by atoms with Gasteiger partial charge in [-0.1, -0.05) is 37.5 Å². The van der Waals surface area contributed by atoms with Gasteiger partial charge in [0.1, 0.15) is 0 Å². The zero-order valence-corrected chi connectivity index (χ0v) is 39.4. The molecule has 0 bridgehead atoms. The largest absolute Gasteiger partial charge is 0.443 e. The molecule has 0 N–H and O–H groups in total. The Bertz CT molecular complexity index is 2490. The predicted molar refractivity (Wildman–Crippen MR) is 247 cm³/mol. The van der Waals surface area contributed by atoms with E-state index in [-0.39, 0.29) is 13.1 Å². The van der Waals surface area contributed by atoms with E-state index in [4.69, 9.17) is 9.47 Å². The van der Waals surface area contributed by atoms with E-state index in [0.717, 1.165) is 25.0 Å². The molecule has 0 aliphatic carbocycles. The van der Waals surface area contributed by atoms with Gasteiger partial charge in [-0.25, -0.2) is 29.1 Å². The van der Waals surface area contributed by atoms with E-state index in [1.54, 1.807) is 35.6 Å². The van der Waals surface area contributed by atoms with E-state index in [0.29, 0.717) is 100 Å². The third kappa shape index (κ3) is 12.8. The number of ether oxygens (including phenoxy) is 2.